The van der Waals surface area contributed by atoms with Gasteiger partial charge in [0.2, 0.25) is 0 Å². The summed E-state index contributed by atoms with van der Waals surface area (Å²) in [4.78, 5) is 10.9. The fourth-order valence-corrected chi connectivity index (χ4v) is 3.42. The molecular formula is C7H12N2O3S. The lowest BCUT2D eigenvalue weighted by Crippen LogP contribution is -2.49. The van der Waals surface area contributed by atoms with E-state index in [1.807, 2.05) is 0 Å². The van der Waals surface area contributed by atoms with Crippen LogP contribution < -0.4 is 10.6 Å². The van der Waals surface area contributed by atoms with Gasteiger partial charge in [-0.3, -0.25) is 0 Å². The molecule has 2 aliphatic rings. The molecule has 6 heteroatoms. The number of carbonyl (C=O) groups is 1. The zero-order chi connectivity index (χ0) is 9.53. The SMILES string of the molecule is O=C1NCC2(CCS(=O)(=O)CC2)N1. The normalized spacial score (nSPS) is 29.7. The number of amides is 2. The summed E-state index contributed by atoms with van der Waals surface area (Å²) in [6.07, 6.45) is 1.07. The van der Waals surface area contributed by atoms with Gasteiger partial charge in [0.25, 0.3) is 0 Å². The third-order valence-corrected chi connectivity index (χ3v) is 4.40. The zero-order valence-electron chi connectivity index (χ0n) is 7.17. The maximum absolute atomic E-state index is 11.1. The molecule has 0 unspecified atom stereocenters. The highest BCUT2D eigenvalue weighted by atomic mass is 32.2. The fraction of sp³-hybridized carbons (Fsp3) is 0.857. The summed E-state index contributed by atoms with van der Waals surface area (Å²) in [5.41, 5.74) is -0.289. The largest absolute Gasteiger partial charge is 0.336 e. The van der Waals surface area contributed by atoms with Crippen molar-refractivity contribution in [3.8, 4) is 0 Å². The standard InChI is InChI=1S/C7H12N2O3S/c10-6-8-5-7(9-6)1-3-13(11,12)4-2-7/h1-5H2,(H2,8,9,10). The molecule has 2 rings (SSSR count). The van der Waals surface area contributed by atoms with Crippen molar-refractivity contribution < 1.29 is 13.2 Å². The van der Waals surface area contributed by atoms with Gasteiger partial charge < -0.3 is 10.6 Å². The van der Waals surface area contributed by atoms with Gasteiger partial charge in [-0.15, -0.1) is 0 Å². The highest BCUT2D eigenvalue weighted by Crippen LogP contribution is 2.25. The average Bonchev–Trinajstić information content (AvgIpc) is 2.41. The van der Waals surface area contributed by atoms with Crippen molar-refractivity contribution in [1.29, 1.82) is 0 Å². The molecule has 0 bridgehead atoms. The van der Waals surface area contributed by atoms with Crippen LogP contribution in [0.15, 0.2) is 0 Å². The number of hydrogen-bond acceptors (Lipinski definition) is 3. The molecule has 2 fully saturated rings. The molecule has 0 aromatic heterocycles. The number of nitrogens with one attached hydrogen (secondary N) is 2. The van der Waals surface area contributed by atoms with E-state index in [4.69, 9.17) is 0 Å². The molecule has 0 atom stereocenters. The summed E-state index contributed by atoms with van der Waals surface area (Å²) in [5, 5.41) is 5.46. The van der Waals surface area contributed by atoms with Crippen molar-refractivity contribution >= 4 is 15.9 Å². The molecule has 2 aliphatic heterocycles. The zero-order valence-corrected chi connectivity index (χ0v) is 7.99. The topological polar surface area (TPSA) is 75.3 Å². The van der Waals surface area contributed by atoms with Crippen LogP contribution in [0.1, 0.15) is 12.8 Å². The molecule has 0 aliphatic carbocycles. The summed E-state index contributed by atoms with van der Waals surface area (Å²) in [7, 11) is -2.84. The van der Waals surface area contributed by atoms with Crippen molar-refractivity contribution in [3.05, 3.63) is 0 Å². The van der Waals surface area contributed by atoms with Gasteiger partial charge >= 0.3 is 6.03 Å². The predicted octanol–water partition coefficient (Wildman–Crippen LogP) is -0.753. The first kappa shape index (κ1) is 8.80. The van der Waals surface area contributed by atoms with Crippen molar-refractivity contribution in [2.75, 3.05) is 18.1 Å². The number of carbonyl (C=O) groups excluding carboxylic acids is 1. The van der Waals surface area contributed by atoms with Gasteiger partial charge in [-0.05, 0) is 12.8 Å². The molecule has 74 valence electrons. The van der Waals surface area contributed by atoms with Gasteiger partial charge in [0.15, 0.2) is 9.84 Å². The second kappa shape index (κ2) is 2.60. The number of hydrogen-bond donors (Lipinski definition) is 2. The first-order valence-corrected chi connectivity index (χ1v) is 6.10. The van der Waals surface area contributed by atoms with E-state index in [-0.39, 0.29) is 23.1 Å². The second-order valence-electron chi connectivity index (χ2n) is 3.74. The van der Waals surface area contributed by atoms with Crippen LogP contribution in [-0.2, 0) is 9.84 Å². The average molecular weight is 204 g/mol. The lowest BCUT2D eigenvalue weighted by atomic mass is 9.94. The summed E-state index contributed by atoms with van der Waals surface area (Å²) in [6, 6.07) is -0.181. The van der Waals surface area contributed by atoms with Crippen LogP contribution in [0.25, 0.3) is 0 Å². The molecule has 1 spiro atoms. The number of urea groups is 1. The van der Waals surface area contributed by atoms with E-state index in [0.717, 1.165) is 0 Å². The van der Waals surface area contributed by atoms with Crippen LogP contribution in [0.3, 0.4) is 0 Å². The summed E-state index contributed by atoms with van der Waals surface area (Å²) in [6.45, 7) is 0.557. The van der Waals surface area contributed by atoms with Gasteiger partial charge in [0.1, 0.15) is 0 Å². The molecule has 2 heterocycles. The summed E-state index contributed by atoms with van der Waals surface area (Å²) < 4.78 is 22.3. The maximum atomic E-state index is 11.1. The maximum Gasteiger partial charge on any atom is 0.315 e. The molecule has 0 aromatic carbocycles. The molecule has 0 radical (unpaired) electrons. The molecule has 2 N–H and O–H groups in total. The van der Waals surface area contributed by atoms with Gasteiger partial charge in [-0.1, -0.05) is 0 Å². The number of rotatable bonds is 0. The molecule has 0 aromatic rings. The van der Waals surface area contributed by atoms with Crippen LogP contribution in [0.4, 0.5) is 4.79 Å². The first-order valence-electron chi connectivity index (χ1n) is 4.28. The summed E-state index contributed by atoms with van der Waals surface area (Å²) in [5.74, 6) is 0.379. The smallest absolute Gasteiger partial charge is 0.315 e. The van der Waals surface area contributed by atoms with Crippen molar-refractivity contribution in [3.63, 3.8) is 0 Å². The Labute approximate surface area is 76.8 Å². The van der Waals surface area contributed by atoms with Crippen molar-refractivity contribution in [2.24, 2.45) is 0 Å². The molecule has 2 amide bonds. The molecule has 5 nitrogen and oxygen atoms in total. The Bertz CT molecular complexity index is 322. The van der Waals surface area contributed by atoms with Gasteiger partial charge in [-0.25, -0.2) is 13.2 Å². The Morgan fingerprint density at radius 2 is 1.85 bits per heavy atom. The molecule has 13 heavy (non-hydrogen) atoms. The van der Waals surface area contributed by atoms with Crippen LogP contribution in [-0.4, -0.2) is 38.0 Å². The van der Waals surface area contributed by atoms with Crippen LogP contribution in [0, 0.1) is 0 Å². The van der Waals surface area contributed by atoms with Crippen LogP contribution in [0.5, 0.6) is 0 Å². The Morgan fingerprint density at radius 1 is 1.23 bits per heavy atom. The van der Waals surface area contributed by atoms with E-state index >= 15 is 0 Å². The monoisotopic (exact) mass is 204 g/mol. The van der Waals surface area contributed by atoms with E-state index in [2.05, 4.69) is 10.6 Å². The highest BCUT2D eigenvalue weighted by Gasteiger charge is 2.42. The molecule has 2 saturated heterocycles. The predicted molar refractivity (Wildman–Crippen MR) is 47.2 cm³/mol. The van der Waals surface area contributed by atoms with Gasteiger partial charge in [-0.2, -0.15) is 0 Å². The first-order chi connectivity index (χ1) is 6.02. The lowest BCUT2D eigenvalue weighted by molar-refractivity contribution is 0.243. The van der Waals surface area contributed by atoms with Crippen LogP contribution >= 0.6 is 0 Å². The Balaban J connectivity index is 2.09. The van der Waals surface area contributed by atoms with Gasteiger partial charge in [0, 0.05) is 6.54 Å². The van der Waals surface area contributed by atoms with E-state index in [0.29, 0.717) is 19.4 Å². The third kappa shape index (κ3) is 1.63. The Kier molecular flexibility index (Phi) is 1.76. The minimum absolute atomic E-state index is 0.181. The quantitative estimate of drug-likeness (QED) is 0.545. The summed E-state index contributed by atoms with van der Waals surface area (Å²) >= 11 is 0. The van der Waals surface area contributed by atoms with E-state index in [1.165, 1.54) is 0 Å². The van der Waals surface area contributed by atoms with E-state index in [1.54, 1.807) is 0 Å². The Hall–Kier alpha value is -0.780. The van der Waals surface area contributed by atoms with Crippen molar-refractivity contribution in [2.45, 2.75) is 18.4 Å². The highest BCUT2D eigenvalue weighted by molar-refractivity contribution is 7.91. The van der Waals surface area contributed by atoms with Gasteiger partial charge in [0.05, 0.1) is 17.0 Å². The minimum atomic E-state index is -2.84. The third-order valence-electron chi connectivity index (χ3n) is 2.75. The van der Waals surface area contributed by atoms with E-state index in [9.17, 15) is 13.2 Å². The Morgan fingerprint density at radius 3 is 2.31 bits per heavy atom. The van der Waals surface area contributed by atoms with E-state index < -0.39 is 9.84 Å². The fourth-order valence-electron chi connectivity index (χ4n) is 1.81. The van der Waals surface area contributed by atoms with Crippen LogP contribution in [0.2, 0.25) is 0 Å². The van der Waals surface area contributed by atoms with Crippen molar-refractivity contribution in [1.82, 2.24) is 10.6 Å². The molecular weight excluding hydrogens is 192 g/mol. The minimum Gasteiger partial charge on any atom is -0.336 e. The number of sulfone groups is 1. The molecule has 0 saturated carbocycles. The second-order valence-corrected chi connectivity index (χ2v) is 6.04. The lowest BCUT2D eigenvalue weighted by Gasteiger charge is -2.31.